The minimum atomic E-state index is -0.267. The van der Waals surface area contributed by atoms with Gasteiger partial charge in [0.2, 0.25) is 5.91 Å². The summed E-state index contributed by atoms with van der Waals surface area (Å²) in [6, 6.07) is 22.7. The van der Waals surface area contributed by atoms with E-state index in [1.165, 1.54) is 7.11 Å². The van der Waals surface area contributed by atoms with Crippen LogP contribution in [0.25, 0.3) is 11.1 Å². The molecule has 0 spiro atoms. The summed E-state index contributed by atoms with van der Waals surface area (Å²) in [5.41, 5.74) is 3.64. The highest BCUT2D eigenvalue weighted by atomic mass is 16.5. The number of nitrogens with zero attached hydrogens (tertiary/aromatic N) is 1. The lowest BCUT2D eigenvalue weighted by atomic mass is 10.1. The molecule has 34 heavy (non-hydrogen) atoms. The summed E-state index contributed by atoms with van der Waals surface area (Å²) in [7, 11) is 1.36. The van der Waals surface area contributed by atoms with E-state index >= 15 is 0 Å². The van der Waals surface area contributed by atoms with Gasteiger partial charge in [0.1, 0.15) is 11.3 Å². The Bertz CT molecular complexity index is 1270. The van der Waals surface area contributed by atoms with Crippen molar-refractivity contribution in [3.63, 3.8) is 0 Å². The number of anilines is 3. The number of benzene rings is 3. The fourth-order valence-corrected chi connectivity index (χ4v) is 3.34. The third-order valence-corrected chi connectivity index (χ3v) is 4.98. The second kappa shape index (κ2) is 11.0. The van der Waals surface area contributed by atoms with Crippen LogP contribution < -0.4 is 15.4 Å². The highest BCUT2D eigenvalue weighted by molar-refractivity contribution is 5.93. The monoisotopic (exact) mass is 459 g/mol. The summed E-state index contributed by atoms with van der Waals surface area (Å²) >= 11 is 0. The van der Waals surface area contributed by atoms with Crippen LogP contribution in [0.1, 0.15) is 18.4 Å². The van der Waals surface area contributed by atoms with Crippen LogP contribution in [0.3, 0.4) is 0 Å². The average molecular weight is 460 g/mol. The third kappa shape index (κ3) is 6.35. The number of aromatic nitrogens is 1. The van der Waals surface area contributed by atoms with E-state index in [9.17, 15) is 9.59 Å². The highest BCUT2D eigenvalue weighted by Crippen LogP contribution is 2.23. The second-order valence-electron chi connectivity index (χ2n) is 7.59. The lowest BCUT2D eigenvalue weighted by molar-refractivity contribution is -0.140. The van der Waals surface area contributed by atoms with E-state index in [1.54, 1.807) is 24.3 Å². The summed E-state index contributed by atoms with van der Waals surface area (Å²) in [6.45, 7) is 0.380. The van der Waals surface area contributed by atoms with Gasteiger partial charge >= 0.3 is 5.97 Å². The van der Waals surface area contributed by atoms with E-state index in [0.717, 1.165) is 11.3 Å². The number of carbonyl (C=O) groups is 2. The number of fused-ring (bicyclic) bond motifs is 1. The van der Waals surface area contributed by atoms with Gasteiger partial charge in [-0.3, -0.25) is 9.59 Å². The fourth-order valence-electron chi connectivity index (χ4n) is 3.34. The molecule has 0 atom stereocenters. The first-order chi connectivity index (χ1) is 16.6. The predicted octanol–water partition coefficient (Wildman–Crippen LogP) is 5.08. The highest BCUT2D eigenvalue weighted by Gasteiger charge is 2.10. The van der Waals surface area contributed by atoms with Gasteiger partial charge in [-0.25, -0.2) is 0 Å². The maximum Gasteiger partial charge on any atom is 0.305 e. The van der Waals surface area contributed by atoms with Crippen LogP contribution in [-0.4, -0.2) is 30.6 Å². The van der Waals surface area contributed by atoms with Crippen molar-refractivity contribution in [2.75, 3.05) is 24.4 Å². The number of hydrogen-bond acceptors (Lipinski definition) is 7. The number of hydrogen-bond donors (Lipinski definition) is 2. The van der Waals surface area contributed by atoms with Crippen LogP contribution in [0.5, 0.6) is 5.75 Å². The minimum absolute atomic E-state index is 0.159. The number of amides is 1. The molecule has 0 aliphatic carbocycles. The molecule has 0 saturated carbocycles. The van der Waals surface area contributed by atoms with Gasteiger partial charge in [-0.15, -0.1) is 0 Å². The molecule has 0 saturated heterocycles. The molecule has 174 valence electrons. The first-order valence-electron chi connectivity index (χ1n) is 10.9. The molecule has 0 fully saturated rings. The van der Waals surface area contributed by atoms with E-state index in [-0.39, 0.29) is 18.3 Å². The number of oxazole rings is 1. The molecule has 0 aliphatic heterocycles. The van der Waals surface area contributed by atoms with Gasteiger partial charge in [-0.2, -0.15) is 4.98 Å². The van der Waals surface area contributed by atoms with Crippen molar-refractivity contribution in [2.24, 2.45) is 0 Å². The van der Waals surface area contributed by atoms with Gasteiger partial charge < -0.3 is 24.5 Å². The van der Waals surface area contributed by atoms with Crippen LogP contribution >= 0.6 is 0 Å². The van der Waals surface area contributed by atoms with Crippen LogP contribution in [0.15, 0.2) is 77.2 Å². The van der Waals surface area contributed by atoms with Crippen LogP contribution in [0.2, 0.25) is 0 Å². The topological polar surface area (TPSA) is 103 Å². The molecule has 8 heteroatoms. The van der Waals surface area contributed by atoms with Crippen LogP contribution in [0, 0.1) is 0 Å². The zero-order valence-corrected chi connectivity index (χ0v) is 18.7. The van der Waals surface area contributed by atoms with Gasteiger partial charge in [0, 0.05) is 23.9 Å². The average Bonchev–Trinajstić information content (AvgIpc) is 3.24. The van der Waals surface area contributed by atoms with E-state index in [1.807, 2.05) is 48.5 Å². The number of nitrogens with one attached hydrogen (secondary N) is 2. The number of esters is 1. The first kappa shape index (κ1) is 22.8. The Kier molecular flexibility index (Phi) is 7.39. The quantitative estimate of drug-likeness (QED) is 0.252. The normalized spacial score (nSPS) is 10.6. The molecular weight excluding hydrogens is 434 g/mol. The summed E-state index contributed by atoms with van der Waals surface area (Å²) in [5.74, 6) is 0.190. The smallest absolute Gasteiger partial charge is 0.305 e. The van der Waals surface area contributed by atoms with E-state index in [2.05, 4.69) is 20.4 Å². The zero-order chi connectivity index (χ0) is 23.8. The van der Waals surface area contributed by atoms with Gasteiger partial charge in [0.15, 0.2) is 5.58 Å². The second-order valence-corrected chi connectivity index (χ2v) is 7.59. The largest absolute Gasteiger partial charge is 0.494 e. The molecule has 0 radical (unpaired) electrons. The summed E-state index contributed by atoms with van der Waals surface area (Å²) in [6.07, 6.45) is 1.04. The van der Waals surface area contributed by atoms with Crippen molar-refractivity contribution in [3.8, 4) is 5.75 Å². The minimum Gasteiger partial charge on any atom is -0.494 e. The number of methoxy groups -OCH3 is 1. The maximum absolute atomic E-state index is 12.6. The Morgan fingerprint density at radius 2 is 1.79 bits per heavy atom. The van der Waals surface area contributed by atoms with Crippen molar-refractivity contribution >= 4 is 40.4 Å². The van der Waals surface area contributed by atoms with Crippen molar-refractivity contribution in [3.05, 3.63) is 78.4 Å². The zero-order valence-electron chi connectivity index (χ0n) is 18.7. The molecule has 3 aromatic carbocycles. The van der Waals surface area contributed by atoms with Gasteiger partial charge in [-0.05, 0) is 48.4 Å². The lowest BCUT2D eigenvalue weighted by Crippen LogP contribution is -2.14. The molecule has 4 aromatic rings. The molecule has 4 rings (SSSR count). The Morgan fingerprint density at radius 3 is 2.62 bits per heavy atom. The molecular formula is C26H25N3O5. The SMILES string of the molecule is COC(=O)CCCOc1cccc(NC(=O)Cc2ccc3oc(Nc4ccccc4)nc3c2)c1. The van der Waals surface area contributed by atoms with Crippen molar-refractivity contribution in [2.45, 2.75) is 19.3 Å². The van der Waals surface area contributed by atoms with E-state index in [4.69, 9.17) is 9.15 Å². The number of rotatable bonds is 10. The number of carbonyl (C=O) groups excluding carboxylic acids is 2. The molecule has 0 aliphatic rings. The number of para-hydroxylation sites is 1. The van der Waals surface area contributed by atoms with Crippen molar-refractivity contribution in [1.82, 2.24) is 4.98 Å². The summed E-state index contributed by atoms with van der Waals surface area (Å²) in [4.78, 5) is 28.2. The van der Waals surface area contributed by atoms with Crippen LogP contribution in [-0.2, 0) is 20.7 Å². The maximum atomic E-state index is 12.6. The molecule has 1 heterocycles. The molecule has 1 aromatic heterocycles. The Balaban J connectivity index is 1.32. The van der Waals surface area contributed by atoms with Crippen molar-refractivity contribution < 1.29 is 23.5 Å². The van der Waals surface area contributed by atoms with E-state index < -0.39 is 0 Å². The number of ether oxygens (including phenoxy) is 2. The third-order valence-electron chi connectivity index (χ3n) is 4.98. The van der Waals surface area contributed by atoms with E-state index in [0.29, 0.717) is 48.0 Å². The standard InChI is InChI=1S/C26H25N3O5/c1-32-25(31)11-6-14-33-21-10-5-9-20(17-21)27-24(30)16-18-12-13-23-22(15-18)29-26(34-23)28-19-7-3-2-4-8-19/h2-5,7-10,12-13,15,17H,6,11,14,16H2,1H3,(H,27,30)(H,28,29). The van der Waals surface area contributed by atoms with Gasteiger partial charge in [-0.1, -0.05) is 30.3 Å². The molecule has 2 N–H and O–H groups in total. The Morgan fingerprint density at radius 1 is 0.971 bits per heavy atom. The van der Waals surface area contributed by atoms with Gasteiger partial charge in [0.25, 0.3) is 6.01 Å². The molecule has 8 nitrogen and oxygen atoms in total. The Labute approximate surface area is 196 Å². The van der Waals surface area contributed by atoms with Crippen LogP contribution in [0.4, 0.5) is 17.4 Å². The first-order valence-corrected chi connectivity index (χ1v) is 10.9. The van der Waals surface area contributed by atoms with Gasteiger partial charge in [0.05, 0.1) is 20.1 Å². The Hall–Kier alpha value is -4.33. The molecule has 1 amide bonds. The fraction of sp³-hybridized carbons (Fsp3) is 0.192. The predicted molar refractivity (Wildman–Crippen MR) is 129 cm³/mol. The van der Waals surface area contributed by atoms with Crippen molar-refractivity contribution in [1.29, 1.82) is 0 Å². The summed E-state index contributed by atoms with van der Waals surface area (Å²) in [5, 5.41) is 6.01. The molecule has 0 unspecified atom stereocenters. The lowest BCUT2D eigenvalue weighted by Gasteiger charge is -2.09. The molecule has 0 bridgehead atoms. The summed E-state index contributed by atoms with van der Waals surface area (Å²) < 4.78 is 16.0.